The van der Waals surface area contributed by atoms with E-state index in [0.717, 1.165) is 12.1 Å². The SMILES string of the molecule is N#CC(=Cc1ccc(-c2ccc(F)cc2F)o1)c1nn(CCO)c(N)c1C#N. The average Bonchev–Trinajstić information content (AvgIpc) is 3.25. The second-order valence-corrected chi connectivity index (χ2v) is 5.66. The van der Waals surface area contributed by atoms with Crippen molar-refractivity contribution in [3.05, 3.63) is 59.0 Å². The van der Waals surface area contributed by atoms with Crippen molar-refractivity contribution >= 4 is 17.5 Å². The largest absolute Gasteiger partial charge is 0.457 e. The molecule has 3 aromatic rings. The van der Waals surface area contributed by atoms with Crippen LogP contribution in [0.3, 0.4) is 0 Å². The van der Waals surface area contributed by atoms with Gasteiger partial charge < -0.3 is 15.3 Å². The Morgan fingerprint density at radius 1 is 1.29 bits per heavy atom. The Morgan fingerprint density at radius 3 is 2.71 bits per heavy atom. The van der Waals surface area contributed by atoms with E-state index in [1.807, 2.05) is 12.1 Å². The minimum Gasteiger partial charge on any atom is -0.457 e. The summed E-state index contributed by atoms with van der Waals surface area (Å²) in [6.45, 7) is -0.180. The maximum Gasteiger partial charge on any atom is 0.140 e. The summed E-state index contributed by atoms with van der Waals surface area (Å²) in [5.41, 5.74) is 5.94. The number of allylic oxidation sites excluding steroid dienone is 1. The smallest absolute Gasteiger partial charge is 0.140 e. The molecule has 9 heteroatoms. The first-order valence-electron chi connectivity index (χ1n) is 8.03. The van der Waals surface area contributed by atoms with Gasteiger partial charge in [-0.3, -0.25) is 0 Å². The van der Waals surface area contributed by atoms with E-state index < -0.39 is 11.6 Å². The molecule has 0 aliphatic rings. The van der Waals surface area contributed by atoms with Crippen LogP contribution in [-0.4, -0.2) is 21.5 Å². The molecule has 7 nitrogen and oxygen atoms in total. The third kappa shape index (κ3) is 3.47. The number of hydrogen-bond acceptors (Lipinski definition) is 6. The van der Waals surface area contributed by atoms with E-state index >= 15 is 0 Å². The second kappa shape index (κ2) is 7.74. The summed E-state index contributed by atoms with van der Waals surface area (Å²) < 4.78 is 33.7. The number of halogens is 2. The molecule has 0 atom stereocenters. The Balaban J connectivity index is 2.01. The highest BCUT2D eigenvalue weighted by Crippen LogP contribution is 2.29. The minimum atomic E-state index is -0.785. The lowest BCUT2D eigenvalue weighted by Gasteiger charge is -1.99. The first-order valence-corrected chi connectivity index (χ1v) is 8.03. The Morgan fingerprint density at radius 2 is 2.07 bits per heavy atom. The van der Waals surface area contributed by atoms with Crippen molar-refractivity contribution in [3.8, 4) is 23.5 Å². The van der Waals surface area contributed by atoms with E-state index in [1.165, 1.54) is 29.0 Å². The molecule has 28 heavy (non-hydrogen) atoms. The van der Waals surface area contributed by atoms with E-state index in [1.54, 1.807) is 0 Å². The normalized spacial score (nSPS) is 11.2. The summed E-state index contributed by atoms with van der Waals surface area (Å²) in [7, 11) is 0. The van der Waals surface area contributed by atoms with Crippen LogP contribution in [-0.2, 0) is 6.54 Å². The zero-order valence-corrected chi connectivity index (χ0v) is 14.4. The van der Waals surface area contributed by atoms with Crippen molar-refractivity contribution in [1.82, 2.24) is 9.78 Å². The summed E-state index contributed by atoms with van der Waals surface area (Å²) in [6.07, 6.45) is 1.33. The number of nitrogens with zero attached hydrogens (tertiary/aromatic N) is 4. The molecular formula is C19H13F2N5O2. The number of aliphatic hydroxyl groups excluding tert-OH is 1. The Labute approximate surface area is 158 Å². The van der Waals surface area contributed by atoms with Gasteiger partial charge >= 0.3 is 0 Å². The number of nitrogens with two attached hydrogens (primary N) is 1. The van der Waals surface area contributed by atoms with E-state index in [4.69, 9.17) is 15.3 Å². The van der Waals surface area contributed by atoms with Crippen LogP contribution in [0.1, 0.15) is 17.0 Å². The molecular weight excluding hydrogens is 368 g/mol. The third-order valence-corrected chi connectivity index (χ3v) is 3.90. The maximum absolute atomic E-state index is 13.9. The van der Waals surface area contributed by atoms with Crippen LogP contribution < -0.4 is 5.73 Å². The van der Waals surface area contributed by atoms with Gasteiger partial charge in [0.05, 0.1) is 24.3 Å². The van der Waals surface area contributed by atoms with Gasteiger partial charge in [0, 0.05) is 12.1 Å². The van der Waals surface area contributed by atoms with Crippen LogP contribution in [0, 0.1) is 34.3 Å². The zero-order valence-electron chi connectivity index (χ0n) is 14.4. The highest BCUT2D eigenvalue weighted by atomic mass is 19.1. The Hall–Kier alpha value is -3.95. The van der Waals surface area contributed by atoms with Crippen molar-refractivity contribution < 1.29 is 18.3 Å². The van der Waals surface area contributed by atoms with Gasteiger partial charge in [-0.2, -0.15) is 15.6 Å². The van der Waals surface area contributed by atoms with E-state index in [2.05, 4.69) is 5.10 Å². The molecule has 140 valence electrons. The Kier molecular flexibility index (Phi) is 5.21. The van der Waals surface area contributed by atoms with Crippen molar-refractivity contribution in [3.63, 3.8) is 0 Å². The predicted molar refractivity (Wildman–Crippen MR) is 96.0 cm³/mol. The lowest BCUT2D eigenvalue weighted by Crippen LogP contribution is -2.07. The molecule has 0 aliphatic carbocycles. The molecule has 2 heterocycles. The highest BCUT2D eigenvalue weighted by molar-refractivity contribution is 5.90. The predicted octanol–water partition coefficient (Wildman–Crippen LogP) is 2.93. The summed E-state index contributed by atoms with van der Waals surface area (Å²) in [5, 5.41) is 31.9. The highest BCUT2D eigenvalue weighted by Gasteiger charge is 2.19. The summed E-state index contributed by atoms with van der Waals surface area (Å²) >= 11 is 0. The molecule has 0 saturated heterocycles. The standard InChI is InChI=1S/C19H13F2N5O2/c20-12-1-3-14(16(21)8-12)17-4-2-13(28-17)7-11(9-22)18-15(10-23)19(24)26(25-18)5-6-27/h1-4,7-8,27H,5-6,24H2. The van der Waals surface area contributed by atoms with Crippen LogP contribution in [0.15, 0.2) is 34.7 Å². The maximum atomic E-state index is 13.9. The van der Waals surface area contributed by atoms with Crippen LogP contribution in [0.5, 0.6) is 0 Å². The first-order chi connectivity index (χ1) is 13.5. The molecule has 3 rings (SSSR count). The van der Waals surface area contributed by atoms with Crippen LogP contribution in [0.2, 0.25) is 0 Å². The van der Waals surface area contributed by atoms with Gasteiger partial charge in [0.2, 0.25) is 0 Å². The van der Waals surface area contributed by atoms with Gasteiger partial charge in [-0.15, -0.1) is 0 Å². The number of anilines is 1. The molecule has 0 amide bonds. The van der Waals surface area contributed by atoms with Gasteiger partial charge in [-0.25, -0.2) is 13.5 Å². The summed E-state index contributed by atoms with van der Waals surface area (Å²) in [5.74, 6) is -1.12. The fourth-order valence-corrected chi connectivity index (χ4v) is 2.60. The molecule has 0 bridgehead atoms. The van der Waals surface area contributed by atoms with Gasteiger partial charge in [0.15, 0.2) is 0 Å². The second-order valence-electron chi connectivity index (χ2n) is 5.66. The third-order valence-electron chi connectivity index (χ3n) is 3.90. The number of nitrogen functional groups attached to an aromatic ring is 1. The number of rotatable bonds is 5. The molecule has 3 N–H and O–H groups in total. The van der Waals surface area contributed by atoms with Crippen LogP contribution >= 0.6 is 0 Å². The topological polar surface area (TPSA) is 125 Å². The number of hydrogen-bond donors (Lipinski definition) is 2. The Bertz CT molecular complexity index is 1150. The first kappa shape index (κ1) is 18.8. The quantitative estimate of drug-likeness (QED) is 0.655. The molecule has 0 spiro atoms. The monoisotopic (exact) mass is 381 g/mol. The fourth-order valence-electron chi connectivity index (χ4n) is 2.60. The average molecular weight is 381 g/mol. The van der Waals surface area contributed by atoms with Crippen LogP contribution in [0.4, 0.5) is 14.6 Å². The van der Waals surface area contributed by atoms with Crippen molar-refractivity contribution in [1.29, 1.82) is 10.5 Å². The van der Waals surface area contributed by atoms with Crippen molar-refractivity contribution in [2.24, 2.45) is 0 Å². The lowest BCUT2D eigenvalue weighted by molar-refractivity contribution is 0.270. The van der Waals surface area contributed by atoms with Crippen molar-refractivity contribution in [2.45, 2.75) is 6.54 Å². The summed E-state index contributed by atoms with van der Waals surface area (Å²) in [6, 6.07) is 9.87. The van der Waals surface area contributed by atoms with Crippen LogP contribution in [0.25, 0.3) is 23.0 Å². The molecule has 1 aromatic carbocycles. The number of nitriles is 2. The van der Waals surface area contributed by atoms with Gasteiger partial charge in [0.1, 0.15) is 52.4 Å². The number of aromatic nitrogens is 2. The lowest BCUT2D eigenvalue weighted by atomic mass is 10.1. The molecule has 0 unspecified atom stereocenters. The molecule has 0 radical (unpaired) electrons. The molecule has 0 aliphatic heterocycles. The molecule has 0 fully saturated rings. The van der Waals surface area contributed by atoms with E-state index in [0.29, 0.717) is 0 Å². The molecule has 0 saturated carbocycles. The fraction of sp³-hybridized carbons (Fsp3) is 0.105. The van der Waals surface area contributed by atoms with E-state index in [-0.39, 0.29) is 52.9 Å². The number of furan rings is 1. The van der Waals surface area contributed by atoms with E-state index in [9.17, 15) is 19.3 Å². The van der Waals surface area contributed by atoms with Gasteiger partial charge in [-0.1, -0.05) is 0 Å². The number of benzene rings is 1. The minimum absolute atomic E-state index is 0.000387. The van der Waals surface area contributed by atoms with Gasteiger partial charge in [0.25, 0.3) is 0 Å². The zero-order chi connectivity index (χ0) is 20.3. The number of aliphatic hydroxyl groups is 1. The summed E-state index contributed by atoms with van der Waals surface area (Å²) in [4.78, 5) is 0. The van der Waals surface area contributed by atoms with Crippen molar-refractivity contribution in [2.75, 3.05) is 12.3 Å². The van der Waals surface area contributed by atoms with Gasteiger partial charge in [-0.05, 0) is 24.3 Å². The molecule has 2 aromatic heterocycles.